The van der Waals surface area contributed by atoms with Crippen LogP contribution in [0.2, 0.25) is 0 Å². The zero-order valence-electron chi connectivity index (χ0n) is 13.9. The number of nitrogens with zero attached hydrogens (tertiary/aromatic N) is 5. The summed E-state index contributed by atoms with van der Waals surface area (Å²) < 4.78 is 1.54. The molecule has 0 atom stereocenters. The van der Waals surface area contributed by atoms with Crippen molar-refractivity contribution in [2.24, 2.45) is 0 Å². The summed E-state index contributed by atoms with van der Waals surface area (Å²) in [6, 6.07) is 7.30. The smallest absolute Gasteiger partial charge is 0.251 e. The minimum atomic E-state index is -0.0548. The lowest BCUT2D eigenvalue weighted by atomic mass is 10.2. The van der Waals surface area contributed by atoms with Crippen molar-refractivity contribution in [3.63, 3.8) is 0 Å². The van der Waals surface area contributed by atoms with E-state index in [0.717, 1.165) is 18.7 Å². The third kappa shape index (κ3) is 4.61. The molecule has 0 spiro atoms. The lowest BCUT2D eigenvalue weighted by molar-refractivity contribution is 0.0951. The fourth-order valence-corrected chi connectivity index (χ4v) is 3.04. The highest BCUT2D eigenvalue weighted by Crippen LogP contribution is 2.10. The Balaban J connectivity index is 1.46. The molecule has 1 aliphatic rings. The number of benzene rings is 1. The molecule has 2 heterocycles. The maximum Gasteiger partial charge on any atom is 0.251 e. The average Bonchev–Trinajstić information content (AvgIpc) is 3.03. The third-order valence-electron chi connectivity index (χ3n) is 4.36. The van der Waals surface area contributed by atoms with Gasteiger partial charge in [0.25, 0.3) is 5.91 Å². The summed E-state index contributed by atoms with van der Waals surface area (Å²) in [4.78, 5) is 14.8. The maximum atomic E-state index is 12.3. The predicted octanol–water partition coefficient (Wildman–Crippen LogP) is 1.66. The van der Waals surface area contributed by atoms with Gasteiger partial charge < -0.3 is 10.2 Å². The minimum absolute atomic E-state index is 0.0548. The van der Waals surface area contributed by atoms with E-state index in [1.54, 1.807) is 12.1 Å². The highest BCUT2D eigenvalue weighted by atomic mass is 16.1. The Hall–Kier alpha value is -2.28. The van der Waals surface area contributed by atoms with Gasteiger partial charge in [0.1, 0.15) is 6.33 Å². The number of likely N-dealkylation sites (tertiary alicyclic amines) is 1. The number of tetrazole rings is 1. The van der Waals surface area contributed by atoms with Gasteiger partial charge in [0.2, 0.25) is 0 Å². The van der Waals surface area contributed by atoms with Gasteiger partial charge in [-0.3, -0.25) is 4.79 Å². The van der Waals surface area contributed by atoms with Crippen LogP contribution in [-0.4, -0.2) is 57.2 Å². The topological polar surface area (TPSA) is 75.9 Å². The predicted molar refractivity (Wildman–Crippen MR) is 91.0 cm³/mol. The molecule has 0 unspecified atom stereocenters. The first-order valence-corrected chi connectivity index (χ1v) is 8.67. The van der Waals surface area contributed by atoms with Gasteiger partial charge in [-0.2, -0.15) is 0 Å². The van der Waals surface area contributed by atoms with Crippen LogP contribution in [0.25, 0.3) is 5.69 Å². The van der Waals surface area contributed by atoms with Gasteiger partial charge in [-0.25, -0.2) is 4.68 Å². The van der Waals surface area contributed by atoms with Gasteiger partial charge in [0, 0.05) is 12.1 Å². The van der Waals surface area contributed by atoms with E-state index in [2.05, 4.69) is 25.7 Å². The van der Waals surface area contributed by atoms with E-state index in [1.165, 1.54) is 49.8 Å². The van der Waals surface area contributed by atoms with E-state index in [-0.39, 0.29) is 5.91 Å². The van der Waals surface area contributed by atoms with Gasteiger partial charge in [-0.1, -0.05) is 18.9 Å². The monoisotopic (exact) mass is 328 g/mol. The second kappa shape index (κ2) is 8.54. The average molecular weight is 328 g/mol. The molecule has 1 saturated heterocycles. The van der Waals surface area contributed by atoms with Crippen molar-refractivity contribution < 1.29 is 4.79 Å². The van der Waals surface area contributed by atoms with Crippen LogP contribution in [0.5, 0.6) is 0 Å². The van der Waals surface area contributed by atoms with Crippen LogP contribution < -0.4 is 5.32 Å². The second-order valence-corrected chi connectivity index (χ2v) is 6.17. The van der Waals surface area contributed by atoms with E-state index < -0.39 is 0 Å². The normalized spacial score (nSPS) is 15.8. The Labute approximate surface area is 142 Å². The highest BCUT2D eigenvalue weighted by molar-refractivity contribution is 5.94. The first kappa shape index (κ1) is 16.6. The van der Waals surface area contributed by atoms with Gasteiger partial charge in [-0.05, 0) is 67.5 Å². The third-order valence-corrected chi connectivity index (χ3v) is 4.36. The summed E-state index contributed by atoms with van der Waals surface area (Å²) in [6.07, 6.45) is 7.80. The van der Waals surface area contributed by atoms with Crippen molar-refractivity contribution in [3.8, 4) is 5.69 Å². The molecule has 2 aromatic rings. The number of carbonyl (C=O) groups excluding carboxylic acids is 1. The molecule has 0 aliphatic carbocycles. The molecule has 1 aromatic heterocycles. The van der Waals surface area contributed by atoms with Crippen molar-refractivity contribution in [3.05, 3.63) is 36.2 Å². The molecular formula is C17H24N6O. The van der Waals surface area contributed by atoms with Crippen LogP contribution in [0.4, 0.5) is 0 Å². The van der Waals surface area contributed by atoms with E-state index in [4.69, 9.17) is 0 Å². The van der Waals surface area contributed by atoms with Gasteiger partial charge in [-0.15, -0.1) is 5.10 Å². The van der Waals surface area contributed by atoms with Crippen molar-refractivity contribution in [2.45, 2.75) is 32.1 Å². The Morgan fingerprint density at radius 3 is 2.75 bits per heavy atom. The molecule has 7 heteroatoms. The zero-order chi connectivity index (χ0) is 16.6. The molecule has 0 saturated carbocycles. The SMILES string of the molecule is O=C(NCCCN1CCCCCC1)c1cccc(-n2cnnn2)c1. The lowest BCUT2D eigenvalue weighted by Crippen LogP contribution is -2.30. The van der Waals surface area contributed by atoms with Crippen molar-refractivity contribution in [1.29, 1.82) is 0 Å². The van der Waals surface area contributed by atoms with Crippen molar-refractivity contribution in [1.82, 2.24) is 30.4 Å². The van der Waals surface area contributed by atoms with Crippen LogP contribution in [0.3, 0.4) is 0 Å². The standard InChI is InChI=1S/C17H24N6O/c24-17(18-9-6-12-22-10-3-1-2-4-11-22)15-7-5-8-16(13-15)23-14-19-20-21-23/h5,7-8,13-14H,1-4,6,9-12H2,(H,18,24). The van der Waals surface area contributed by atoms with E-state index in [0.29, 0.717) is 12.1 Å². The summed E-state index contributed by atoms with van der Waals surface area (Å²) >= 11 is 0. The summed E-state index contributed by atoms with van der Waals surface area (Å²) in [5.41, 5.74) is 1.40. The van der Waals surface area contributed by atoms with Crippen molar-refractivity contribution in [2.75, 3.05) is 26.2 Å². The zero-order valence-corrected chi connectivity index (χ0v) is 13.9. The van der Waals surface area contributed by atoms with Gasteiger partial charge in [0.15, 0.2) is 0 Å². The van der Waals surface area contributed by atoms with E-state index in [1.807, 2.05) is 12.1 Å². The molecule has 1 fully saturated rings. The molecule has 128 valence electrons. The molecule has 7 nitrogen and oxygen atoms in total. The summed E-state index contributed by atoms with van der Waals surface area (Å²) in [5.74, 6) is -0.0548. The second-order valence-electron chi connectivity index (χ2n) is 6.17. The summed E-state index contributed by atoms with van der Waals surface area (Å²) in [5, 5.41) is 14.1. The highest BCUT2D eigenvalue weighted by Gasteiger charge is 2.10. The van der Waals surface area contributed by atoms with Crippen LogP contribution in [0, 0.1) is 0 Å². The molecule has 24 heavy (non-hydrogen) atoms. The molecule has 1 amide bonds. The quantitative estimate of drug-likeness (QED) is 0.816. The molecule has 1 N–H and O–H groups in total. The molecule has 3 rings (SSSR count). The number of carbonyl (C=O) groups is 1. The number of rotatable bonds is 6. The first-order valence-electron chi connectivity index (χ1n) is 8.67. The van der Waals surface area contributed by atoms with Gasteiger partial charge in [0.05, 0.1) is 5.69 Å². The Morgan fingerprint density at radius 2 is 2.00 bits per heavy atom. The summed E-state index contributed by atoms with van der Waals surface area (Å²) in [7, 11) is 0. The number of nitrogens with one attached hydrogen (secondary N) is 1. The van der Waals surface area contributed by atoms with Crippen LogP contribution in [0.15, 0.2) is 30.6 Å². The van der Waals surface area contributed by atoms with E-state index in [9.17, 15) is 4.79 Å². The van der Waals surface area contributed by atoms with Crippen LogP contribution >= 0.6 is 0 Å². The lowest BCUT2D eigenvalue weighted by Gasteiger charge is -2.19. The summed E-state index contributed by atoms with van der Waals surface area (Å²) in [6.45, 7) is 4.15. The molecule has 1 aromatic carbocycles. The number of aromatic nitrogens is 4. The number of hydrogen-bond donors (Lipinski definition) is 1. The molecule has 1 aliphatic heterocycles. The van der Waals surface area contributed by atoms with Crippen LogP contribution in [0.1, 0.15) is 42.5 Å². The molecule has 0 radical (unpaired) electrons. The van der Waals surface area contributed by atoms with E-state index >= 15 is 0 Å². The Morgan fingerprint density at radius 1 is 1.17 bits per heavy atom. The number of hydrogen-bond acceptors (Lipinski definition) is 5. The van der Waals surface area contributed by atoms with Gasteiger partial charge >= 0.3 is 0 Å². The van der Waals surface area contributed by atoms with Crippen LogP contribution in [-0.2, 0) is 0 Å². The van der Waals surface area contributed by atoms with Crippen molar-refractivity contribution >= 4 is 5.91 Å². The fourth-order valence-electron chi connectivity index (χ4n) is 3.04. The molecular weight excluding hydrogens is 304 g/mol. The molecule has 0 bridgehead atoms. The number of amides is 1. The first-order chi connectivity index (χ1) is 11.8. The Bertz CT molecular complexity index is 634. The maximum absolute atomic E-state index is 12.3. The Kier molecular flexibility index (Phi) is 5.90. The fraction of sp³-hybridized carbons (Fsp3) is 0.529. The minimum Gasteiger partial charge on any atom is -0.352 e. The largest absolute Gasteiger partial charge is 0.352 e.